The summed E-state index contributed by atoms with van der Waals surface area (Å²) in [4.78, 5) is 16.2. The first-order valence-electron chi connectivity index (χ1n) is 7.93. The van der Waals surface area contributed by atoms with Gasteiger partial charge in [-0.15, -0.1) is 0 Å². The zero-order chi connectivity index (χ0) is 16.5. The molecule has 2 N–H and O–H groups in total. The van der Waals surface area contributed by atoms with Gasteiger partial charge in [0.25, 0.3) is 0 Å². The lowest BCUT2D eigenvalue weighted by molar-refractivity contribution is -0.146. The molecule has 0 saturated heterocycles. The Kier molecular flexibility index (Phi) is 9.83. The van der Waals surface area contributed by atoms with Crippen LogP contribution in [0.4, 0.5) is 0 Å². The molecule has 0 aliphatic rings. The van der Waals surface area contributed by atoms with Gasteiger partial charge in [-0.1, -0.05) is 13.8 Å². The number of nitrogens with two attached hydrogens (primary N) is 1. The second kappa shape index (κ2) is 10.1. The summed E-state index contributed by atoms with van der Waals surface area (Å²) in [5, 5.41) is 0. The Morgan fingerprint density at radius 1 is 1.19 bits per heavy atom. The third-order valence-electron chi connectivity index (χ3n) is 3.56. The maximum Gasteiger partial charge on any atom is 0.325 e. The molecule has 0 amide bonds. The second-order valence-electron chi connectivity index (χ2n) is 6.86. The predicted octanol–water partition coefficient (Wildman–Crippen LogP) is 1.57. The quantitative estimate of drug-likeness (QED) is 0.464. The van der Waals surface area contributed by atoms with Crippen molar-refractivity contribution in [3.63, 3.8) is 0 Å². The highest BCUT2D eigenvalue weighted by Crippen LogP contribution is 2.13. The van der Waals surface area contributed by atoms with Crippen LogP contribution in [0.5, 0.6) is 0 Å². The van der Waals surface area contributed by atoms with Gasteiger partial charge >= 0.3 is 5.97 Å². The van der Waals surface area contributed by atoms with Gasteiger partial charge in [0.1, 0.15) is 5.54 Å². The highest BCUT2D eigenvalue weighted by molar-refractivity contribution is 5.79. The maximum absolute atomic E-state index is 11.5. The summed E-state index contributed by atoms with van der Waals surface area (Å²) in [6.45, 7) is 10.6. The van der Waals surface area contributed by atoms with Gasteiger partial charge in [0.05, 0.1) is 7.11 Å². The molecule has 1 unspecified atom stereocenters. The van der Waals surface area contributed by atoms with Gasteiger partial charge in [-0.3, -0.25) is 4.79 Å². The summed E-state index contributed by atoms with van der Waals surface area (Å²) in [5.74, 6) is 0.344. The third-order valence-corrected chi connectivity index (χ3v) is 3.56. The molecule has 0 radical (unpaired) electrons. The number of likely N-dealkylation sites (N-methyl/N-ethyl adjacent to an activating group) is 1. The number of nitrogens with zero attached hydrogens (tertiary/aromatic N) is 2. The molecule has 5 heteroatoms. The predicted molar refractivity (Wildman–Crippen MR) is 88.3 cm³/mol. The largest absolute Gasteiger partial charge is 0.468 e. The molecule has 21 heavy (non-hydrogen) atoms. The van der Waals surface area contributed by atoms with E-state index in [1.807, 2.05) is 0 Å². The second-order valence-corrected chi connectivity index (χ2v) is 6.86. The van der Waals surface area contributed by atoms with Crippen LogP contribution in [0, 0.1) is 5.92 Å². The summed E-state index contributed by atoms with van der Waals surface area (Å²) in [6, 6.07) is 0. The third kappa shape index (κ3) is 9.82. The van der Waals surface area contributed by atoms with Crippen molar-refractivity contribution >= 4 is 5.97 Å². The summed E-state index contributed by atoms with van der Waals surface area (Å²) in [6.07, 6.45) is 2.67. The van der Waals surface area contributed by atoms with E-state index in [1.54, 1.807) is 6.92 Å². The Morgan fingerprint density at radius 3 is 2.29 bits per heavy atom. The number of hydrogen-bond donors (Lipinski definition) is 1. The minimum absolute atomic E-state index is 0.325. The average Bonchev–Trinajstić information content (AvgIpc) is 2.38. The van der Waals surface area contributed by atoms with Gasteiger partial charge in [0.2, 0.25) is 0 Å². The van der Waals surface area contributed by atoms with Crippen molar-refractivity contribution in [3.05, 3.63) is 0 Å². The van der Waals surface area contributed by atoms with Crippen LogP contribution in [-0.4, -0.2) is 68.7 Å². The number of esters is 1. The van der Waals surface area contributed by atoms with Crippen LogP contribution in [-0.2, 0) is 9.53 Å². The molecule has 0 aliphatic heterocycles. The molecule has 0 aromatic carbocycles. The number of hydrogen-bond acceptors (Lipinski definition) is 5. The van der Waals surface area contributed by atoms with E-state index in [2.05, 4.69) is 37.7 Å². The van der Waals surface area contributed by atoms with Crippen LogP contribution in [0.1, 0.15) is 40.0 Å². The number of unbranched alkanes of at least 4 members (excludes halogenated alkanes) is 1. The van der Waals surface area contributed by atoms with E-state index in [4.69, 9.17) is 10.5 Å². The number of carbonyl (C=O) groups excluding carboxylic acids is 1. The van der Waals surface area contributed by atoms with Crippen molar-refractivity contribution in [1.29, 1.82) is 0 Å². The fraction of sp³-hybridized carbons (Fsp3) is 0.938. The first kappa shape index (κ1) is 20.3. The van der Waals surface area contributed by atoms with Crippen molar-refractivity contribution in [2.45, 2.75) is 45.6 Å². The highest BCUT2D eigenvalue weighted by Gasteiger charge is 2.28. The Labute approximate surface area is 130 Å². The Balaban J connectivity index is 4.09. The van der Waals surface area contributed by atoms with E-state index in [-0.39, 0.29) is 5.97 Å². The topological polar surface area (TPSA) is 58.8 Å². The normalized spacial score (nSPS) is 14.8. The van der Waals surface area contributed by atoms with Crippen LogP contribution >= 0.6 is 0 Å². The van der Waals surface area contributed by atoms with E-state index in [1.165, 1.54) is 7.11 Å². The van der Waals surface area contributed by atoms with Gasteiger partial charge in [0, 0.05) is 19.6 Å². The van der Waals surface area contributed by atoms with Crippen LogP contribution in [0.15, 0.2) is 0 Å². The molecule has 126 valence electrons. The Morgan fingerprint density at radius 2 is 1.81 bits per heavy atom. The van der Waals surface area contributed by atoms with E-state index < -0.39 is 5.54 Å². The van der Waals surface area contributed by atoms with Crippen LogP contribution in [0.25, 0.3) is 0 Å². The van der Waals surface area contributed by atoms with Crippen molar-refractivity contribution in [2.24, 2.45) is 11.7 Å². The van der Waals surface area contributed by atoms with Crippen molar-refractivity contribution < 1.29 is 9.53 Å². The molecule has 0 bridgehead atoms. The molecule has 0 fully saturated rings. The minimum Gasteiger partial charge on any atom is -0.468 e. The van der Waals surface area contributed by atoms with Crippen LogP contribution in [0.2, 0.25) is 0 Å². The number of rotatable bonds is 11. The molecular formula is C16H35N3O2. The van der Waals surface area contributed by atoms with Gasteiger partial charge in [-0.2, -0.15) is 0 Å². The summed E-state index contributed by atoms with van der Waals surface area (Å²) < 4.78 is 4.73. The maximum atomic E-state index is 11.5. The zero-order valence-corrected chi connectivity index (χ0v) is 14.8. The van der Waals surface area contributed by atoms with Gasteiger partial charge in [-0.25, -0.2) is 0 Å². The molecule has 0 aromatic heterocycles. The van der Waals surface area contributed by atoms with Crippen molar-refractivity contribution in [3.8, 4) is 0 Å². The first-order chi connectivity index (χ1) is 9.69. The van der Waals surface area contributed by atoms with E-state index in [0.717, 1.165) is 39.0 Å². The highest BCUT2D eigenvalue weighted by atomic mass is 16.5. The van der Waals surface area contributed by atoms with E-state index in [0.29, 0.717) is 12.3 Å². The molecular weight excluding hydrogens is 266 g/mol. The Bertz CT molecular complexity index is 291. The number of methoxy groups -OCH3 is 1. The molecule has 1 atom stereocenters. The molecule has 0 rings (SSSR count). The molecule has 0 aromatic rings. The average molecular weight is 301 g/mol. The lowest BCUT2D eigenvalue weighted by atomic mass is 9.96. The zero-order valence-electron chi connectivity index (χ0n) is 14.8. The van der Waals surface area contributed by atoms with Crippen molar-refractivity contribution in [1.82, 2.24) is 9.80 Å². The van der Waals surface area contributed by atoms with Crippen molar-refractivity contribution in [2.75, 3.05) is 47.4 Å². The first-order valence-corrected chi connectivity index (χ1v) is 7.93. The fourth-order valence-corrected chi connectivity index (χ4v) is 2.32. The van der Waals surface area contributed by atoms with E-state index in [9.17, 15) is 4.79 Å². The van der Waals surface area contributed by atoms with Gasteiger partial charge < -0.3 is 20.3 Å². The van der Waals surface area contributed by atoms with Gasteiger partial charge in [0.15, 0.2) is 0 Å². The molecule has 0 heterocycles. The van der Waals surface area contributed by atoms with Crippen LogP contribution < -0.4 is 5.73 Å². The molecule has 5 nitrogen and oxygen atoms in total. The van der Waals surface area contributed by atoms with E-state index >= 15 is 0 Å². The van der Waals surface area contributed by atoms with Gasteiger partial charge in [-0.05, 0) is 52.7 Å². The number of carbonyl (C=O) groups is 1. The number of ether oxygens (including phenoxy) is 1. The minimum atomic E-state index is -0.860. The standard InChI is InChI=1S/C16H35N3O2/c1-14(2)13-19(12-11-18(4)5)10-8-7-9-16(3,17)15(20)21-6/h14H,7-13,17H2,1-6H3. The lowest BCUT2D eigenvalue weighted by Crippen LogP contribution is -2.45. The molecule has 0 spiro atoms. The molecule has 0 saturated carbocycles. The smallest absolute Gasteiger partial charge is 0.325 e. The monoisotopic (exact) mass is 301 g/mol. The summed E-state index contributed by atoms with van der Waals surface area (Å²) in [5.41, 5.74) is 5.11. The molecule has 0 aliphatic carbocycles. The SMILES string of the molecule is COC(=O)C(C)(N)CCCCN(CCN(C)C)CC(C)C. The summed E-state index contributed by atoms with van der Waals surface area (Å²) >= 11 is 0. The fourth-order valence-electron chi connectivity index (χ4n) is 2.32. The summed E-state index contributed by atoms with van der Waals surface area (Å²) in [7, 11) is 5.59. The lowest BCUT2D eigenvalue weighted by Gasteiger charge is -2.26. The van der Waals surface area contributed by atoms with Crippen LogP contribution in [0.3, 0.4) is 0 Å². The Hall–Kier alpha value is -0.650.